The van der Waals surface area contributed by atoms with Crippen LogP contribution in [-0.4, -0.2) is 30.0 Å². The number of rotatable bonds is 3. The zero-order valence-electron chi connectivity index (χ0n) is 13.0. The van der Waals surface area contributed by atoms with Gasteiger partial charge in [0.05, 0.1) is 0 Å². The fourth-order valence-corrected chi connectivity index (χ4v) is 4.74. The van der Waals surface area contributed by atoms with Gasteiger partial charge in [0.15, 0.2) is 0 Å². The molecule has 3 unspecified atom stereocenters. The summed E-state index contributed by atoms with van der Waals surface area (Å²) in [6.45, 7) is 4.96. The molecule has 2 heterocycles. The molecule has 1 saturated carbocycles. The minimum absolute atomic E-state index is 0.632. The van der Waals surface area contributed by atoms with Crippen molar-refractivity contribution in [1.29, 1.82) is 0 Å². The van der Waals surface area contributed by atoms with Crippen molar-refractivity contribution < 1.29 is 0 Å². The summed E-state index contributed by atoms with van der Waals surface area (Å²) >= 11 is 0. The quantitative estimate of drug-likeness (QED) is 0.824. The maximum Gasteiger partial charge on any atom is 0.0302 e. The van der Waals surface area contributed by atoms with Gasteiger partial charge in [0.2, 0.25) is 0 Å². The first-order valence-corrected chi connectivity index (χ1v) is 8.31. The Labute approximate surface area is 123 Å². The monoisotopic (exact) mass is 272 g/mol. The summed E-state index contributed by atoms with van der Waals surface area (Å²) in [5, 5.41) is 0. The van der Waals surface area contributed by atoms with E-state index in [4.69, 9.17) is 0 Å². The molecule has 2 heteroatoms. The van der Waals surface area contributed by atoms with Crippen LogP contribution in [0.1, 0.15) is 56.9 Å². The van der Waals surface area contributed by atoms with Gasteiger partial charge in [-0.3, -0.25) is 4.98 Å². The van der Waals surface area contributed by atoms with Gasteiger partial charge in [-0.2, -0.15) is 0 Å². The minimum atomic E-state index is 0.632. The summed E-state index contributed by atoms with van der Waals surface area (Å²) in [5.41, 5.74) is 2.11. The summed E-state index contributed by atoms with van der Waals surface area (Å²) in [7, 11) is 2.29. The zero-order valence-corrected chi connectivity index (χ0v) is 13.0. The van der Waals surface area contributed by atoms with Crippen molar-refractivity contribution in [1.82, 2.24) is 9.88 Å². The molecule has 1 aliphatic carbocycles. The van der Waals surface area contributed by atoms with Crippen molar-refractivity contribution >= 4 is 0 Å². The molecule has 110 valence electrons. The van der Waals surface area contributed by atoms with Crippen LogP contribution in [0.5, 0.6) is 0 Å². The molecule has 2 nitrogen and oxygen atoms in total. The second-order valence-electron chi connectivity index (χ2n) is 7.17. The van der Waals surface area contributed by atoms with Gasteiger partial charge in [-0.25, -0.2) is 0 Å². The highest BCUT2D eigenvalue weighted by Gasteiger charge is 2.43. The number of pyridine rings is 1. The average Bonchev–Trinajstić information content (AvgIpc) is 2.81. The average molecular weight is 272 g/mol. The second kappa shape index (κ2) is 5.85. The lowest BCUT2D eigenvalue weighted by Gasteiger charge is -2.43. The van der Waals surface area contributed by atoms with Crippen LogP contribution in [0, 0.1) is 11.3 Å². The molecule has 1 saturated heterocycles. The maximum atomic E-state index is 4.35. The first-order valence-electron chi connectivity index (χ1n) is 8.31. The molecule has 0 N–H and O–H groups in total. The molecule has 0 radical (unpaired) electrons. The lowest BCUT2D eigenvalue weighted by Crippen LogP contribution is -2.35. The third-order valence-electron chi connectivity index (χ3n) is 5.65. The lowest BCUT2D eigenvalue weighted by molar-refractivity contribution is 0.120. The van der Waals surface area contributed by atoms with E-state index in [9.17, 15) is 0 Å². The van der Waals surface area contributed by atoms with Crippen LogP contribution in [-0.2, 0) is 0 Å². The molecule has 3 rings (SSSR count). The third kappa shape index (κ3) is 2.76. The number of hydrogen-bond donors (Lipinski definition) is 0. The molecule has 2 aliphatic rings. The van der Waals surface area contributed by atoms with E-state index in [0.717, 1.165) is 11.8 Å². The molecular formula is C18H28N2. The summed E-state index contributed by atoms with van der Waals surface area (Å²) < 4.78 is 0. The summed E-state index contributed by atoms with van der Waals surface area (Å²) in [6, 6.07) is 4.39. The minimum Gasteiger partial charge on any atom is -0.306 e. The smallest absolute Gasteiger partial charge is 0.0302 e. The molecule has 1 aromatic heterocycles. The van der Waals surface area contributed by atoms with Gasteiger partial charge in [-0.1, -0.05) is 25.8 Å². The predicted molar refractivity (Wildman–Crippen MR) is 83.8 cm³/mol. The van der Waals surface area contributed by atoms with E-state index in [0.29, 0.717) is 5.41 Å². The molecule has 2 fully saturated rings. The molecular weight excluding hydrogens is 244 g/mol. The van der Waals surface area contributed by atoms with E-state index in [2.05, 4.69) is 42.2 Å². The van der Waals surface area contributed by atoms with Crippen LogP contribution in [0.25, 0.3) is 0 Å². The first-order chi connectivity index (χ1) is 9.72. The second-order valence-corrected chi connectivity index (χ2v) is 7.17. The van der Waals surface area contributed by atoms with Crippen LogP contribution in [0.15, 0.2) is 24.5 Å². The Morgan fingerprint density at radius 2 is 2.30 bits per heavy atom. The van der Waals surface area contributed by atoms with Crippen LogP contribution in [0.4, 0.5) is 0 Å². The van der Waals surface area contributed by atoms with Gasteiger partial charge >= 0.3 is 0 Å². The fraction of sp³-hybridized carbons (Fsp3) is 0.722. The van der Waals surface area contributed by atoms with Crippen molar-refractivity contribution in [3.05, 3.63) is 30.1 Å². The van der Waals surface area contributed by atoms with Crippen molar-refractivity contribution in [2.75, 3.05) is 20.1 Å². The van der Waals surface area contributed by atoms with E-state index in [1.807, 2.05) is 6.20 Å². The van der Waals surface area contributed by atoms with E-state index in [1.165, 1.54) is 57.2 Å². The van der Waals surface area contributed by atoms with Gasteiger partial charge in [0.1, 0.15) is 0 Å². The molecule has 1 spiro atoms. The zero-order chi connectivity index (χ0) is 14.0. The Morgan fingerprint density at radius 1 is 1.40 bits per heavy atom. The highest BCUT2D eigenvalue weighted by Crippen LogP contribution is 2.51. The highest BCUT2D eigenvalue weighted by atomic mass is 15.1. The Morgan fingerprint density at radius 3 is 2.95 bits per heavy atom. The van der Waals surface area contributed by atoms with Crippen LogP contribution < -0.4 is 0 Å². The molecule has 1 aromatic rings. The Kier molecular flexibility index (Phi) is 4.11. The Balaban J connectivity index is 1.77. The first kappa shape index (κ1) is 14.1. The topological polar surface area (TPSA) is 16.1 Å². The van der Waals surface area contributed by atoms with Crippen molar-refractivity contribution in [2.24, 2.45) is 11.3 Å². The van der Waals surface area contributed by atoms with Crippen molar-refractivity contribution in [3.8, 4) is 0 Å². The fourth-order valence-electron chi connectivity index (χ4n) is 4.74. The van der Waals surface area contributed by atoms with Crippen molar-refractivity contribution in [3.63, 3.8) is 0 Å². The molecule has 0 bridgehead atoms. The molecule has 20 heavy (non-hydrogen) atoms. The molecule has 3 atom stereocenters. The Bertz CT molecular complexity index is 430. The summed E-state index contributed by atoms with van der Waals surface area (Å²) in [6.07, 6.45) is 12.3. The SMILES string of the molecule is CCCC1CC2(CCC1c1cccnc1)CCN(C)C2. The van der Waals surface area contributed by atoms with E-state index >= 15 is 0 Å². The predicted octanol–water partition coefficient (Wildman–Crippen LogP) is 4.09. The van der Waals surface area contributed by atoms with Gasteiger partial charge in [0.25, 0.3) is 0 Å². The summed E-state index contributed by atoms with van der Waals surface area (Å²) in [5.74, 6) is 1.62. The van der Waals surface area contributed by atoms with Gasteiger partial charge in [0, 0.05) is 18.9 Å². The normalized spacial score (nSPS) is 34.7. The van der Waals surface area contributed by atoms with Gasteiger partial charge < -0.3 is 4.90 Å². The molecule has 0 amide bonds. The number of nitrogens with zero attached hydrogens (tertiary/aromatic N) is 2. The number of aromatic nitrogens is 1. The summed E-state index contributed by atoms with van der Waals surface area (Å²) in [4.78, 5) is 6.88. The van der Waals surface area contributed by atoms with E-state index in [-0.39, 0.29) is 0 Å². The number of likely N-dealkylation sites (tertiary alicyclic amines) is 1. The maximum absolute atomic E-state index is 4.35. The molecule has 1 aliphatic heterocycles. The van der Waals surface area contributed by atoms with Crippen LogP contribution in [0.2, 0.25) is 0 Å². The lowest BCUT2D eigenvalue weighted by atomic mass is 9.62. The van der Waals surface area contributed by atoms with Gasteiger partial charge in [-0.15, -0.1) is 0 Å². The van der Waals surface area contributed by atoms with Crippen LogP contribution >= 0.6 is 0 Å². The van der Waals surface area contributed by atoms with Crippen molar-refractivity contribution in [2.45, 2.75) is 51.4 Å². The molecule has 0 aromatic carbocycles. The van der Waals surface area contributed by atoms with Gasteiger partial charge in [-0.05, 0) is 68.2 Å². The largest absolute Gasteiger partial charge is 0.306 e. The standard InChI is InChI=1S/C18H28N2/c1-3-5-15-12-18(9-11-20(2)14-18)8-7-17(15)16-6-4-10-19-13-16/h4,6,10,13,15,17H,3,5,7-9,11-12,14H2,1-2H3. The van der Waals surface area contributed by atoms with Crippen LogP contribution in [0.3, 0.4) is 0 Å². The third-order valence-corrected chi connectivity index (χ3v) is 5.65. The van der Waals surface area contributed by atoms with E-state index in [1.54, 1.807) is 0 Å². The Hall–Kier alpha value is -0.890. The highest BCUT2D eigenvalue weighted by molar-refractivity contribution is 5.18. The number of hydrogen-bond acceptors (Lipinski definition) is 2. The van der Waals surface area contributed by atoms with E-state index < -0.39 is 0 Å².